The molecule has 5 heteroatoms. The molecule has 3 heterocycles. The summed E-state index contributed by atoms with van der Waals surface area (Å²) in [5.74, 6) is 1.86. The molecule has 1 aliphatic heterocycles. The predicted molar refractivity (Wildman–Crippen MR) is 73.1 cm³/mol. The molecule has 0 amide bonds. The van der Waals surface area contributed by atoms with Crippen molar-refractivity contribution < 1.29 is 0 Å². The number of imidazole rings is 1. The minimum absolute atomic E-state index is 0.362. The number of hydrogen-bond donors (Lipinski definition) is 1. The third-order valence-electron chi connectivity index (χ3n) is 3.59. The molecule has 0 aliphatic carbocycles. The summed E-state index contributed by atoms with van der Waals surface area (Å²) in [5, 5.41) is 3.11. The van der Waals surface area contributed by atoms with Gasteiger partial charge in [-0.05, 0) is 11.8 Å². The van der Waals surface area contributed by atoms with Crippen molar-refractivity contribution in [1.29, 1.82) is 0 Å². The largest absolute Gasteiger partial charge is 0.372 e. The van der Waals surface area contributed by atoms with Crippen LogP contribution in [-0.4, -0.2) is 34.5 Å². The first-order valence-corrected chi connectivity index (χ1v) is 6.35. The molecular weight excluding hydrogens is 226 g/mol. The van der Waals surface area contributed by atoms with E-state index < -0.39 is 0 Å². The Morgan fingerprint density at radius 2 is 2.22 bits per heavy atom. The van der Waals surface area contributed by atoms with Gasteiger partial charge in [-0.1, -0.05) is 13.8 Å². The Kier molecular flexibility index (Phi) is 2.43. The minimum atomic E-state index is 0.362. The molecule has 1 saturated heterocycles. The first-order chi connectivity index (χ1) is 8.59. The molecule has 1 N–H and O–H groups in total. The first kappa shape index (κ1) is 11.3. The maximum atomic E-state index is 4.67. The number of nitrogens with one attached hydrogen (secondary N) is 1. The molecule has 0 bridgehead atoms. The van der Waals surface area contributed by atoms with Crippen LogP contribution < -0.4 is 10.2 Å². The van der Waals surface area contributed by atoms with Gasteiger partial charge >= 0.3 is 0 Å². The van der Waals surface area contributed by atoms with Crippen LogP contribution in [0.3, 0.4) is 0 Å². The highest BCUT2D eigenvalue weighted by atomic mass is 15.3. The van der Waals surface area contributed by atoms with Gasteiger partial charge in [-0.15, -0.1) is 0 Å². The van der Waals surface area contributed by atoms with Crippen molar-refractivity contribution in [2.45, 2.75) is 20.3 Å². The number of nitrogens with zero attached hydrogens (tertiary/aromatic N) is 4. The third-order valence-corrected chi connectivity index (χ3v) is 3.59. The van der Waals surface area contributed by atoms with Crippen LogP contribution in [0.5, 0.6) is 0 Å². The summed E-state index contributed by atoms with van der Waals surface area (Å²) < 4.78 is 2.03. The van der Waals surface area contributed by atoms with Crippen LogP contribution in [-0.2, 0) is 0 Å². The third kappa shape index (κ3) is 1.79. The Labute approximate surface area is 107 Å². The van der Waals surface area contributed by atoms with Crippen molar-refractivity contribution in [1.82, 2.24) is 14.4 Å². The van der Waals surface area contributed by atoms with Crippen molar-refractivity contribution in [3.8, 4) is 0 Å². The standard InChI is InChI=1S/C13H19N5/c1-13(2)4-6-18(9-13)12-11-15-5-7-17(11)8-10(14-3)16-12/h5,7-8,14H,4,6,9H2,1-3H3. The van der Waals surface area contributed by atoms with E-state index in [4.69, 9.17) is 0 Å². The van der Waals surface area contributed by atoms with Gasteiger partial charge in [0.1, 0.15) is 5.82 Å². The molecule has 1 aliphatic rings. The second-order valence-electron chi connectivity index (χ2n) is 5.69. The topological polar surface area (TPSA) is 45.5 Å². The lowest BCUT2D eigenvalue weighted by atomic mass is 9.93. The van der Waals surface area contributed by atoms with Gasteiger partial charge < -0.3 is 14.6 Å². The summed E-state index contributed by atoms with van der Waals surface area (Å²) >= 11 is 0. The molecule has 0 saturated carbocycles. The van der Waals surface area contributed by atoms with E-state index in [2.05, 4.69) is 34.0 Å². The van der Waals surface area contributed by atoms with Gasteiger partial charge in [-0.2, -0.15) is 0 Å². The Morgan fingerprint density at radius 3 is 2.89 bits per heavy atom. The van der Waals surface area contributed by atoms with Crippen LogP contribution in [0.1, 0.15) is 20.3 Å². The van der Waals surface area contributed by atoms with E-state index in [1.807, 2.05) is 30.0 Å². The number of rotatable bonds is 2. The molecule has 96 valence electrons. The molecule has 0 spiro atoms. The van der Waals surface area contributed by atoms with E-state index in [9.17, 15) is 0 Å². The van der Waals surface area contributed by atoms with E-state index in [1.54, 1.807) is 0 Å². The normalized spacial score (nSPS) is 18.5. The van der Waals surface area contributed by atoms with Crippen molar-refractivity contribution in [2.75, 3.05) is 30.4 Å². The van der Waals surface area contributed by atoms with Gasteiger partial charge in [-0.3, -0.25) is 0 Å². The second-order valence-corrected chi connectivity index (χ2v) is 5.69. The maximum absolute atomic E-state index is 4.67. The summed E-state index contributed by atoms with van der Waals surface area (Å²) in [6, 6.07) is 0. The quantitative estimate of drug-likeness (QED) is 0.879. The highest BCUT2D eigenvalue weighted by Gasteiger charge is 2.31. The van der Waals surface area contributed by atoms with Gasteiger partial charge in [0.15, 0.2) is 11.5 Å². The Morgan fingerprint density at radius 1 is 1.39 bits per heavy atom. The van der Waals surface area contributed by atoms with E-state index in [1.165, 1.54) is 6.42 Å². The van der Waals surface area contributed by atoms with Crippen LogP contribution in [0.4, 0.5) is 11.6 Å². The highest BCUT2D eigenvalue weighted by molar-refractivity contribution is 5.67. The molecule has 5 nitrogen and oxygen atoms in total. The van der Waals surface area contributed by atoms with Crippen LogP contribution >= 0.6 is 0 Å². The molecule has 0 radical (unpaired) electrons. The molecule has 3 rings (SSSR count). The summed E-state index contributed by atoms with van der Waals surface area (Å²) in [5.41, 5.74) is 1.30. The van der Waals surface area contributed by atoms with E-state index in [0.717, 1.165) is 30.4 Å². The average molecular weight is 245 g/mol. The zero-order valence-corrected chi connectivity index (χ0v) is 11.1. The Balaban J connectivity index is 2.07. The van der Waals surface area contributed by atoms with Crippen LogP contribution in [0.15, 0.2) is 18.6 Å². The van der Waals surface area contributed by atoms with Gasteiger partial charge in [0, 0.05) is 32.5 Å². The lowest BCUT2D eigenvalue weighted by molar-refractivity contribution is 0.418. The fraction of sp³-hybridized carbons (Fsp3) is 0.538. The van der Waals surface area contributed by atoms with Crippen molar-refractivity contribution in [3.63, 3.8) is 0 Å². The van der Waals surface area contributed by atoms with Crippen molar-refractivity contribution >= 4 is 17.3 Å². The molecular formula is C13H19N5. The monoisotopic (exact) mass is 245 g/mol. The SMILES string of the molecule is CNc1cn2ccnc2c(N2CCC(C)(C)C2)n1. The number of fused-ring (bicyclic) bond motifs is 1. The Hall–Kier alpha value is -1.78. The zero-order chi connectivity index (χ0) is 12.8. The lowest BCUT2D eigenvalue weighted by Crippen LogP contribution is -2.24. The summed E-state index contributed by atoms with van der Waals surface area (Å²) in [4.78, 5) is 11.4. The lowest BCUT2D eigenvalue weighted by Gasteiger charge is -2.21. The minimum Gasteiger partial charge on any atom is -0.372 e. The average Bonchev–Trinajstić information content (AvgIpc) is 2.93. The van der Waals surface area contributed by atoms with Gasteiger partial charge in [-0.25, -0.2) is 9.97 Å². The number of hydrogen-bond acceptors (Lipinski definition) is 4. The van der Waals surface area contributed by atoms with Crippen LogP contribution in [0.25, 0.3) is 5.65 Å². The fourth-order valence-electron chi connectivity index (χ4n) is 2.54. The molecule has 2 aromatic rings. The molecule has 2 aromatic heterocycles. The predicted octanol–water partition coefficient (Wildman–Crippen LogP) is 2.01. The number of aromatic nitrogens is 3. The van der Waals surface area contributed by atoms with Crippen molar-refractivity contribution in [2.24, 2.45) is 5.41 Å². The van der Waals surface area contributed by atoms with Gasteiger partial charge in [0.05, 0.1) is 6.20 Å². The highest BCUT2D eigenvalue weighted by Crippen LogP contribution is 2.33. The smallest absolute Gasteiger partial charge is 0.180 e. The summed E-state index contributed by atoms with van der Waals surface area (Å²) in [7, 11) is 1.89. The summed E-state index contributed by atoms with van der Waals surface area (Å²) in [6.45, 7) is 6.70. The summed E-state index contributed by atoms with van der Waals surface area (Å²) in [6.07, 6.45) is 6.95. The van der Waals surface area contributed by atoms with E-state index >= 15 is 0 Å². The molecule has 0 atom stereocenters. The van der Waals surface area contributed by atoms with Crippen LogP contribution in [0, 0.1) is 5.41 Å². The van der Waals surface area contributed by atoms with Gasteiger partial charge in [0.2, 0.25) is 0 Å². The fourth-order valence-corrected chi connectivity index (χ4v) is 2.54. The number of anilines is 2. The van der Waals surface area contributed by atoms with E-state index in [-0.39, 0.29) is 0 Å². The second kappa shape index (κ2) is 3.86. The maximum Gasteiger partial charge on any atom is 0.180 e. The molecule has 1 fully saturated rings. The molecule has 0 unspecified atom stereocenters. The van der Waals surface area contributed by atoms with E-state index in [0.29, 0.717) is 5.41 Å². The van der Waals surface area contributed by atoms with Crippen molar-refractivity contribution in [3.05, 3.63) is 18.6 Å². The van der Waals surface area contributed by atoms with Crippen LogP contribution in [0.2, 0.25) is 0 Å². The van der Waals surface area contributed by atoms with Gasteiger partial charge in [0.25, 0.3) is 0 Å². The first-order valence-electron chi connectivity index (χ1n) is 6.35. The molecule has 18 heavy (non-hydrogen) atoms. The zero-order valence-electron chi connectivity index (χ0n) is 11.1. The Bertz CT molecular complexity index is 572. The molecule has 0 aromatic carbocycles.